The summed E-state index contributed by atoms with van der Waals surface area (Å²) in [5, 5.41) is 9.55. The number of halogens is 1. The van der Waals surface area contributed by atoms with Gasteiger partial charge in [0, 0.05) is 17.1 Å². The van der Waals surface area contributed by atoms with E-state index in [0.717, 1.165) is 10.0 Å². The lowest BCUT2D eigenvalue weighted by Crippen LogP contribution is -2.06. The summed E-state index contributed by atoms with van der Waals surface area (Å²) in [6.45, 7) is 2.73. The third-order valence-electron chi connectivity index (χ3n) is 1.97. The van der Waals surface area contributed by atoms with E-state index in [4.69, 9.17) is 9.47 Å². The number of aliphatic hydroxyl groups excluding tert-OH is 1. The summed E-state index contributed by atoms with van der Waals surface area (Å²) in [5.41, 5.74) is 0.778. The van der Waals surface area contributed by atoms with Crippen LogP contribution in [0.25, 0.3) is 0 Å². The van der Waals surface area contributed by atoms with Gasteiger partial charge in [-0.2, -0.15) is 0 Å². The molecular weight excluding hydrogens is 260 g/mol. The molecule has 3 nitrogen and oxygen atoms in total. The van der Waals surface area contributed by atoms with Crippen molar-refractivity contribution < 1.29 is 14.6 Å². The Balaban J connectivity index is 2.77. The minimum Gasteiger partial charge on any atom is -0.491 e. The van der Waals surface area contributed by atoms with Crippen molar-refractivity contribution in [2.24, 2.45) is 0 Å². The van der Waals surface area contributed by atoms with E-state index in [0.29, 0.717) is 19.0 Å². The summed E-state index contributed by atoms with van der Waals surface area (Å²) < 4.78 is 11.3. The quantitative estimate of drug-likeness (QED) is 0.839. The maximum Gasteiger partial charge on any atom is 0.125 e. The van der Waals surface area contributed by atoms with Gasteiger partial charge in [-0.3, -0.25) is 0 Å². The van der Waals surface area contributed by atoms with Crippen molar-refractivity contribution in [3.8, 4) is 5.75 Å². The molecular formula is C11H15BrO3. The highest BCUT2D eigenvalue weighted by Crippen LogP contribution is 2.28. The van der Waals surface area contributed by atoms with Gasteiger partial charge in [0.25, 0.3) is 0 Å². The minimum absolute atomic E-state index is 0.484. The molecule has 15 heavy (non-hydrogen) atoms. The highest BCUT2D eigenvalue weighted by molar-refractivity contribution is 9.10. The number of ether oxygens (including phenoxy) is 2. The zero-order chi connectivity index (χ0) is 11.3. The first-order valence-corrected chi connectivity index (χ1v) is 5.53. The van der Waals surface area contributed by atoms with E-state index in [9.17, 15) is 5.11 Å². The van der Waals surface area contributed by atoms with Crippen LogP contribution in [0, 0.1) is 0 Å². The predicted octanol–water partition coefficient (Wildman–Crippen LogP) is 2.53. The molecule has 0 aliphatic heterocycles. The molecule has 0 fully saturated rings. The van der Waals surface area contributed by atoms with Crippen LogP contribution in [0.15, 0.2) is 22.7 Å². The van der Waals surface area contributed by atoms with E-state index in [1.807, 2.05) is 18.2 Å². The van der Waals surface area contributed by atoms with E-state index in [1.54, 1.807) is 14.0 Å². The highest BCUT2D eigenvalue weighted by atomic mass is 79.9. The fourth-order valence-electron chi connectivity index (χ4n) is 1.21. The molecule has 0 spiro atoms. The van der Waals surface area contributed by atoms with Gasteiger partial charge in [0.15, 0.2) is 0 Å². The van der Waals surface area contributed by atoms with Crippen LogP contribution in [0.2, 0.25) is 0 Å². The van der Waals surface area contributed by atoms with Crippen LogP contribution in [0.5, 0.6) is 5.75 Å². The van der Waals surface area contributed by atoms with E-state index in [-0.39, 0.29) is 0 Å². The maximum absolute atomic E-state index is 9.55. The first-order valence-electron chi connectivity index (χ1n) is 4.74. The third-order valence-corrected chi connectivity index (χ3v) is 2.46. The molecule has 1 aromatic rings. The Kier molecular flexibility index (Phi) is 5.08. The molecule has 1 N–H and O–H groups in total. The van der Waals surface area contributed by atoms with Gasteiger partial charge in [-0.15, -0.1) is 0 Å². The molecule has 84 valence electrons. The van der Waals surface area contributed by atoms with Gasteiger partial charge in [-0.25, -0.2) is 0 Å². The van der Waals surface area contributed by atoms with Crippen molar-refractivity contribution in [1.82, 2.24) is 0 Å². The number of rotatable bonds is 5. The molecule has 1 aromatic carbocycles. The van der Waals surface area contributed by atoms with Crippen LogP contribution >= 0.6 is 15.9 Å². The van der Waals surface area contributed by atoms with Crippen LogP contribution in [0.1, 0.15) is 18.6 Å². The molecule has 0 aliphatic rings. The molecule has 4 heteroatoms. The van der Waals surface area contributed by atoms with Crippen molar-refractivity contribution in [1.29, 1.82) is 0 Å². The number of hydrogen-bond acceptors (Lipinski definition) is 3. The summed E-state index contributed by atoms with van der Waals surface area (Å²) in [7, 11) is 1.63. The van der Waals surface area contributed by atoms with Crippen LogP contribution in [0.3, 0.4) is 0 Å². The van der Waals surface area contributed by atoms with E-state index < -0.39 is 6.10 Å². The van der Waals surface area contributed by atoms with Gasteiger partial charge in [0.2, 0.25) is 0 Å². The molecule has 0 unspecified atom stereocenters. The average Bonchev–Trinajstić information content (AvgIpc) is 2.20. The lowest BCUT2D eigenvalue weighted by molar-refractivity contribution is 0.141. The molecule has 1 rings (SSSR count). The Morgan fingerprint density at radius 2 is 2.13 bits per heavy atom. The molecule has 0 saturated heterocycles. The topological polar surface area (TPSA) is 38.7 Å². The second kappa shape index (κ2) is 6.10. The van der Waals surface area contributed by atoms with Gasteiger partial charge >= 0.3 is 0 Å². The Labute approximate surface area is 98.1 Å². The maximum atomic E-state index is 9.55. The van der Waals surface area contributed by atoms with Gasteiger partial charge < -0.3 is 14.6 Å². The largest absolute Gasteiger partial charge is 0.491 e. The summed E-state index contributed by atoms with van der Waals surface area (Å²) in [4.78, 5) is 0. The molecule has 0 heterocycles. The van der Waals surface area contributed by atoms with Gasteiger partial charge in [-0.05, 0) is 25.1 Å². The van der Waals surface area contributed by atoms with E-state index in [2.05, 4.69) is 15.9 Å². The zero-order valence-corrected chi connectivity index (χ0v) is 10.5. The van der Waals surface area contributed by atoms with Gasteiger partial charge in [0.1, 0.15) is 12.4 Å². The van der Waals surface area contributed by atoms with Crippen molar-refractivity contribution in [3.63, 3.8) is 0 Å². The van der Waals surface area contributed by atoms with Crippen LogP contribution in [-0.4, -0.2) is 25.4 Å². The minimum atomic E-state index is -0.542. The molecule has 0 radical (unpaired) electrons. The lowest BCUT2D eigenvalue weighted by Gasteiger charge is -2.13. The summed E-state index contributed by atoms with van der Waals surface area (Å²) in [5.74, 6) is 0.699. The van der Waals surface area contributed by atoms with E-state index in [1.165, 1.54) is 0 Å². The van der Waals surface area contributed by atoms with Gasteiger partial charge in [-0.1, -0.05) is 15.9 Å². The lowest BCUT2D eigenvalue weighted by atomic mass is 10.1. The third kappa shape index (κ3) is 3.81. The second-order valence-electron chi connectivity index (χ2n) is 3.20. The first kappa shape index (κ1) is 12.5. The molecule has 0 bridgehead atoms. The number of benzene rings is 1. The van der Waals surface area contributed by atoms with Crippen molar-refractivity contribution in [2.75, 3.05) is 20.3 Å². The normalized spacial score (nSPS) is 12.5. The second-order valence-corrected chi connectivity index (χ2v) is 4.12. The zero-order valence-electron chi connectivity index (χ0n) is 8.87. The fraction of sp³-hybridized carbons (Fsp3) is 0.455. The van der Waals surface area contributed by atoms with Crippen molar-refractivity contribution in [3.05, 3.63) is 28.2 Å². The highest BCUT2D eigenvalue weighted by Gasteiger charge is 2.09. The smallest absolute Gasteiger partial charge is 0.125 e. The number of methoxy groups -OCH3 is 1. The average molecular weight is 275 g/mol. The molecule has 0 saturated carbocycles. The number of hydrogen-bond donors (Lipinski definition) is 1. The predicted molar refractivity (Wildman–Crippen MR) is 62.1 cm³/mol. The molecule has 0 amide bonds. The summed E-state index contributed by atoms with van der Waals surface area (Å²) in [6.07, 6.45) is -0.542. The first-order chi connectivity index (χ1) is 7.15. The molecule has 0 aromatic heterocycles. The van der Waals surface area contributed by atoms with Crippen LogP contribution in [-0.2, 0) is 4.74 Å². The van der Waals surface area contributed by atoms with Crippen molar-refractivity contribution in [2.45, 2.75) is 13.0 Å². The SMILES string of the molecule is COCCOc1ccc(Br)cc1[C@H](C)O. The number of aliphatic hydroxyl groups is 1. The summed E-state index contributed by atoms with van der Waals surface area (Å²) >= 11 is 3.36. The van der Waals surface area contributed by atoms with Crippen molar-refractivity contribution >= 4 is 15.9 Å². The Bertz CT molecular complexity index is 313. The Hall–Kier alpha value is -0.580. The summed E-state index contributed by atoms with van der Waals surface area (Å²) in [6, 6.07) is 5.57. The van der Waals surface area contributed by atoms with E-state index >= 15 is 0 Å². The Morgan fingerprint density at radius 1 is 1.40 bits per heavy atom. The Morgan fingerprint density at radius 3 is 2.73 bits per heavy atom. The van der Waals surface area contributed by atoms with Crippen LogP contribution < -0.4 is 4.74 Å². The monoisotopic (exact) mass is 274 g/mol. The fourth-order valence-corrected chi connectivity index (χ4v) is 1.59. The standard InChI is InChI=1S/C11H15BrO3/c1-8(13)10-7-9(12)3-4-11(10)15-6-5-14-2/h3-4,7-8,13H,5-6H2,1-2H3/t8-/m0/s1. The molecule has 0 aliphatic carbocycles. The van der Waals surface area contributed by atoms with Crippen LogP contribution in [0.4, 0.5) is 0 Å². The van der Waals surface area contributed by atoms with Gasteiger partial charge in [0.05, 0.1) is 12.7 Å². The molecule has 1 atom stereocenters.